The van der Waals surface area contributed by atoms with Crippen LogP contribution in [0.1, 0.15) is 48.1 Å². The van der Waals surface area contributed by atoms with Crippen molar-refractivity contribution in [1.82, 2.24) is 10.2 Å². The van der Waals surface area contributed by atoms with Crippen LogP contribution in [-0.4, -0.2) is 43.8 Å². The van der Waals surface area contributed by atoms with Gasteiger partial charge in [0, 0.05) is 24.0 Å². The number of amides is 2. The van der Waals surface area contributed by atoms with Gasteiger partial charge in [-0.1, -0.05) is 90.8 Å². The van der Waals surface area contributed by atoms with Crippen molar-refractivity contribution < 1.29 is 18.0 Å². The van der Waals surface area contributed by atoms with E-state index in [1.165, 1.54) is 4.90 Å². The Morgan fingerprint density at radius 3 is 2.04 bits per heavy atom. The highest BCUT2D eigenvalue weighted by molar-refractivity contribution is 7.92. The second-order valence-corrected chi connectivity index (χ2v) is 14.1. The average molecular weight is 660 g/mol. The number of anilines is 1. The van der Waals surface area contributed by atoms with Crippen molar-refractivity contribution in [3.63, 3.8) is 0 Å². The molecule has 0 aliphatic rings. The maximum Gasteiger partial charge on any atom is 0.264 e. The molecule has 46 heavy (non-hydrogen) atoms. The van der Waals surface area contributed by atoms with Gasteiger partial charge in [0.2, 0.25) is 11.8 Å². The van der Waals surface area contributed by atoms with Crippen molar-refractivity contribution in [3.8, 4) is 0 Å². The van der Waals surface area contributed by atoms with Crippen molar-refractivity contribution in [3.05, 3.63) is 130 Å². The van der Waals surface area contributed by atoms with Crippen LogP contribution < -0.4 is 9.62 Å². The molecule has 0 saturated carbocycles. The molecule has 2 atom stereocenters. The first-order valence-electron chi connectivity index (χ1n) is 15.4. The Morgan fingerprint density at radius 1 is 0.826 bits per heavy atom. The van der Waals surface area contributed by atoms with Gasteiger partial charge in [-0.2, -0.15) is 0 Å². The van der Waals surface area contributed by atoms with Crippen molar-refractivity contribution in [2.24, 2.45) is 0 Å². The Hall–Kier alpha value is -4.14. The lowest BCUT2D eigenvalue weighted by Gasteiger charge is -2.34. The lowest BCUT2D eigenvalue weighted by atomic mass is 10.0. The molecule has 0 aromatic heterocycles. The minimum atomic E-state index is -4.18. The molecule has 242 valence electrons. The molecule has 0 aliphatic heterocycles. The van der Waals surface area contributed by atoms with Crippen LogP contribution in [-0.2, 0) is 32.6 Å². The molecule has 4 rings (SSSR count). The maximum atomic E-state index is 14.6. The first kappa shape index (κ1) is 34.7. The molecule has 7 nitrogen and oxygen atoms in total. The number of hydrogen-bond donors (Lipinski definition) is 1. The maximum absolute atomic E-state index is 14.6. The van der Waals surface area contributed by atoms with Crippen LogP contribution in [0.5, 0.6) is 0 Å². The first-order valence-corrected chi connectivity index (χ1v) is 17.3. The summed E-state index contributed by atoms with van der Waals surface area (Å²) in [5, 5.41) is 3.49. The molecule has 0 bridgehead atoms. The number of hydrogen-bond acceptors (Lipinski definition) is 4. The van der Waals surface area contributed by atoms with Gasteiger partial charge in [0.25, 0.3) is 10.0 Å². The van der Waals surface area contributed by atoms with Gasteiger partial charge < -0.3 is 10.2 Å². The summed E-state index contributed by atoms with van der Waals surface area (Å²) in [7, 11) is -4.18. The fourth-order valence-corrected chi connectivity index (χ4v) is 6.86. The van der Waals surface area contributed by atoms with Crippen molar-refractivity contribution in [2.75, 3.05) is 10.8 Å². The highest BCUT2D eigenvalue weighted by Gasteiger charge is 2.35. The zero-order valence-electron chi connectivity index (χ0n) is 27.0. The van der Waals surface area contributed by atoms with E-state index >= 15 is 0 Å². The van der Waals surface area contributed by atoms with Crippen LogP contribution in [0.4, 0.5) is 5.69 Å². The van der Waals surface area contributed by atoms with E-state index in [1.807, 2.05) is 77.1 Å². The second-order valence-electron chi connectivity index (χ2n) is 11.8. The smallest absolute Gasteiger partial charge is 0.264 e. The standard InChI is InChI=1S/C37H42ClN3O4S/c1-6-29(5)39-37(43)35(23-30-12-8-7-9-13-30)40(24-31-14-10-11-15-34(31)38)36(42)25-41(32-21-27(3)20-28(4)22-32)46(44,45)33-18-16-26(2)17-19-33/h7-22,29,35H,6,23-25H2,1-5H3,(H,39,43)/t29-,35+/m1/s1. The molecule has 0 radical (unpaired) electrons. The number of aryl methyl sites for hydroxylation is 3. The predicted molar refractivity (Wildman–Crippen MR) is 185 cm³/mol. The Labute approximate surface area is 278 Å². The third-order valence-corrected chi connectivity index (χ3v) is 10.1. The van der Waals surface area contributed by atoms with Gasteiger partial charge in [-0.25, -0.2) is 8.42 Å². The lowest BCUT2D eigenvalue weighted by Crippen LogP contribution is -2.54. The van der Waals surface area contributed by atoms with E-state index < -0.39 is 28.5 Å². The van der Waals surface area contributed by atoms with Gasteiger partial charge in [0.05, 0.1) is 10.6 Å². The number of nitrogens with one attached hydrogen (secondary N) is 1. The summed E-state index contributed by atoms with van der Waals surface area (Å²) >= 11 is 6.58. The normalized spacial score (nSPS) is 12.7. The van der Waals surface area contributed by atoms with Gasteiger partial charge in [-0.15, -0.1) is 0 Å². The number of rotatable bonds is 13. The van der Waals surface area contributed by atoms with E-state index in [2.05, 4.69) is 5.32 Å². The molecular formula is C37H42ClN3O4S. The fraction of sp³-hybridized carbons (Fsp3) is 0.297. The van der Waals surface area contributed by atoms with Crippen molar-refractivity contribution in [1.29, 1.82) is 0 Å². The van der Waals surface area contributed by atoms with E-state index in [0.717, 1.165) is 26.6 Å². The van der Waals surface area contributed by atoms with Crippen molar-refractivity contribution in [2.45, 2.75) is 71.0 Å². The Kier molecular flexibility index (Phi) is 11.7. The van der Waals surface area contributed by atoms with Crippen LogP contribution in [0, 0.1) is 20.8 Å². The third-order valence-electron chi connectivity index (χ3n) is 7.95. The monoisotopic (exact) mass is 659 g/mol. The van der Waals surface area contributed by atoms with Crippen LogP contribution in [0.25, 0.3) is 0 Å². The van der Waals surface area contributed by atoms with E-state index in [-0.39, 0.29) is 29.8 Å². The average Bonchev–Trinajstić information content (AvgIpc) is 3.02. The molecule has 0 unspecified atom stereocenters. The highest BCUT2D eigenvalue weighted by atomic mass is 35.5. The fourth-order valence-electron chi connectivity index (χ4n) is 5.27. The number of benzene rings is 4. The topological polar surface area (TPSA) is 86.8 Å². The van der Waals surface area contributed by atoms with Crippen molar-refractivity contribution >= 4 is 39.1 Å². The number of halogens is 1. The van der Waals surface area contributed by atoms with Crippen LogP contribution in [0.3, 0.4) is 0 Å². The summed E-state index contributed by atoms with van der Waals surface area (Å²) in [6.45, 7) is 9.02. The number of nitrogens with zero attached hydrogens (tertiary/aromatic N) is 2. The lowest BCUT2D eigenvalue weighted by molar-refractivity contribution is -0.140. The van der Waals surface area contributed by atoms with E-state index in [4.69, 9.17) is 11.6 Å². The first-order chi connectivity index (χ1) is 21.9. The summed E-state index contributed by atoms with van der Waals surface area (Å²) in [5.74, 6) is -0.854. The molecule has 0 aliphatic carbocycles. The molecule has 1 N–H and O–H groups in total. The van der Waals surface area contributed by atoms with Gasteiger partial charge in [0.15, 0.2) is 0 Å². The minimum Gasteiger partial charge on any atom is -0.352 e. The molecular weight excluding hydrogens is 618 g/mol. The zero-order chi connectivity index (χ0) is 33.4. The summed E-state index contributed by atoms with van der Waals surface area (Å²) < 4.78 is 29.7. The Balaban J connectivity index is 1.84. The van der Waals surface area contributed by atoms with Gasteiger partial charge in [0.1, 0.15) is 12.6 Å². The molecule has 2 amide bonds. The van der Waals surface area contributed by atoms with E-state index in [9.17, 15) is 18.0 Å². The molecule has 9 heteroatoms. The van der Waals surface area contributed by atoms with Crippen LogP contribution in [0.15, 0.2) is 102 Å². The van der Waals surface area contributed by atoms with E-state index in [1.54, 1.807) is 54.6 Å². The molecule has 4 aromatic carbocycles. The molecule has 0 spiro atoms. The molecule has 0 fully saturated rings. The van der Waals surface area contributed by atoms with Crippen LogP contribution in [0.2, 0.25) is 5.02 Å². The quantitative estimate of drug-likeness (QED) is 0.167. The highest BCUT2D eigenvalue weighted by Crippen LogP contribution is 2.28. The summed E-state index contributed by atoms with van der Waals surface area (Å²) in [6, 6.07) is 27.6. The van der Waals surface area contributed by atoms with Gasteiger partial charge in [-0.05, 0) is 86.7 Å². The SMILES string of the molecule is CC[C@@H](C)NC(=O)[C@H](Cc1ccccc1)N(Cc1ccccc1Cl)C(=O)CN(c1cc(C)cc(C)c1)S(=O)(=O)c1ccc(C)cc1. The number of carbonyl (C=O) groups excluding carboxylic acids is 2. The minimum absolute atomic E-state index is 0.00912. The largest absolute Gasteiger partial charge is 0.352 e. The summed E-state index contributed by atoms with van der Waals surface area (Å²) in [6.07, 6.45) is 0.936. The Morgan fingerprint density at radius 2 is 1.43 bits per heavy atom. The number of carbonyl (C=O) groups is 2. The number of sulfonamides is 1. The summed E-state index contributed by atoms with van der Waals surface area (Å²) in [4.78, 5) is 30.1. The summed E-state index contributed by atoms with van der Waals surface area (Å²) in [5.41, 5.74) is 4.50. The zero-order valence-corrected chi connectivity index (χ0v) is 28.6. The van der Waals surface area contributed by atoms with E-state index in [0.29, 0.717) is 22.7 Å². The molecule has 4 aromatic rings. The predicted octanol–water partition coefficient (Wildman–Crippen LogP) is 7.02. The van der Waals surface area contributed by atoms with Crippen LogP contribution >= 0.6 is 11.6 Å². The van der Waals surface area contributed by atoms with Gasteiger partial charge >= 0.3 is 0 Å². The second kappa shape index (κ2) is 15.4. The molecule has 0 saturated heterocycles. The molecule has 0 heterocycles. The third kappa shape index (κ3) is 8.77. The Bertz CT molecular complexity index is 1740. The van der Waals surface area contributed by atoms with Gasteiger partial charge in [-0.3, -0.25) is 13.9 Å².